The van der Waals surface area contributed by atoms with Crippen molar-refractivity contribution >= 4 is 23.8 Å². The van der Waals surface area contributed by atoms with Crippen molar-refractivity contribution in [3.8, 4) is 0 Å². The number of amides is 2. The van der Waals surface area contributed by atoms with Crippen LogP contribution in [0, 0.1) is 5.92 Å². The van der Waals surface area contributed by atoms with Crippen LogP contribution in [0.15, 0.2) is 0 Å². The summed E-state index contributed by atoms with van der Waals surface area (Å²) < 4.78 is 0. The minimum Gasteiger partial charge on any atom is -0.481 e. The van der Waals surface area contributed by atoms with Gasteiger partial charge in [-0.25, -0.2) is 4.79 Å². The number of thioether (sulfide) groups is 1. The molecule has 1 aliphatic carbocycles. The number of piperidine rings is 1. The van der Waals surface area contributed by atoms with Crippen LogP contribution in [-0.2, 0) is 4.79 Å². The van der Waals surface area contributed by atoms with Gasteiger partial charge in [-0.2, -0.15) is 11.8 Å². The molecule has 0 aromatic rings. The van der Waals surface area contributed by atoms with Crippen LogP contribution in [0.2, 0.25) is 0 Å². The van der Waals surface area contributed by atoms with Crippen molar-refractivity contribution in [2.75, 3.05) is 12.8 Å². The Hall–Kier alpha value is -0.910. The summed E-state index contributed by atoms with van der Waals surface area (Å²) in [5.74, 6) is -1.05. The van der Waals surface area contributed by atoms with E-state index in [2.05, 4.69) is 11.6 Å². The van der Waals surface area contributed by atoms with E-state index >= 15 is 0 Å². The zero-order chi connectivity index (χ0) is 14.7. The van der Waals surface area contributed by atoms with Gasteiger partial charge < -0.3 is 15.3 Å². The van der Waals surface area contributed by atoms with Crippen LogP contribution in [0.3, 0.4) is 0 Å². The van der Waals surface area contributed by atoms with Gasteiger partial charge in [-0.3, -0.25) is 4.79 Å². The van der Waals surface area contributed by atoms with E-state index in [-0.39, 0.29) is 24.0 Å². The summed E-state index contributed by atoms with van der Waals surface area (Å²) in [4.78, 5) is 25.2. The number of carboxylic acids is 1. The van der Waals surface area contributed by atoms with Gasteiger partial charge in [-0.1, -0.05) is 6.42 Å². The SMILES string of the molecule is CSC1CCCC1NC(=O)N1CCC(C(=O)O)CC1C. The van der Waals surface area contributed by atoms with Crippen LogP contribution in [0.4, 0.5) is 4.79 Å². The Bertz CT molecular complexity index is 377. The van der Waals surface area contributed by atoms with Gasteiger partial charge in [-0.15, -0.1) is 0 Å². The van der Waals surface area contributed by atoms with E-state index in [1.165, 1.54) is 12.8 Å². The Morgan fingerprint density at radius 3 is 2.65 bits per heavy atom. The third kappa shape index (κ3) is 3.40. The average molecular weight is 300 g/mol. The normalized spacial score (nSPS) is 34.0. The first kappa shape index (κ1) is 15.5. The molecule has 2 fully saturated rings. The maximum absolute atomic E-state index is 12.4. The summed E-state index contributed by atoms with van der Waals surface area (Å²) >= 11 is 1.82. The van der Waals surface area contributed by atoms with Crippen molar-refractivity contribution in [3.63, 3.8) is 0 Å². The summed E-state index contributed by atoms with van der Waals surface area (Å²) in [5.41, 5.74) is 0. The number of carboxylic acid groups (broad SMARTS) is 1. The zero-order valence-corrected chi connectivity index (χ0v) is 13.0. The number of hydrogen-bond acceptors (Lipinski definition) is 3. The van der Waals surface area contributed by atoms with Gasteiger partial charge in [-0.05, 0) is 38.9 Å². The van der Waals surface area contributed by atoms with Gasteiger partial charge in [0, 0.05) is 23.9 Å². The molecule has 0 aromatic heterocycles. The highest BCUT2D eigenvalue weighted by Crippen LogP contribution is 2.29. The highest BCUT2D eigenvalue weighted by atomic mass is 32.2. The first-order valence-corrected chi connectivity index (χ1v) is 8.64. The summed E-state index contributed by atoms with van der Waals surface area (Å²) in [6, 6.07) is 0.244. The van der Waals surface area contributed by atoms with E-state index in [0.29, 0.717) is 24.6 Å². The smallest absolute Gasteiger partial charge is 0.317 e. The number of rotatable bonds is 3. The molecular formula is C14H24N2O3S. The molecule has 2 amide bonds. The fraction of sp³-hybridized carbons (Fsp3) is 0.857. The zero-order valence-electron chi connectivity index (χ0n) is 12.2. The Morgan fingerprint density at radius 1 is 1.30 bits per heavy atom. The van der Waals surface area contributed by atoms with Crippen molar-refractivity contribution in [2.45, 2.75) is 56.4 Å². The molecule has 4 atom stereocenters. The Morgan fingerprint density at radius 2 is 2.05 bits per heavy atom. The minimum absolute atomic E-state index is 0.000942. The molecule has 2 rings (SSSR count). The molecule has 20 heavy (non-hydrogen) atoms. The molecule has 1 saturated carbocycles. The monoisotopic (exact) mass is 300 g/mol. The van der Waals surface area contributed by atoms with E-state index in [1.54, 1.807) is 4.90 Å². The van der Waals surface area contributed by atoms with Gasteiger partial charge in [0.1, 0.15) is 0 Å². The lowest BCUT2D eigenvalue weighted by atomic mass is 9.92. The molecule has 0 aromatic carbocycles. The lowest BCUT2D eigenvalue weighted by Crippen LogP contribution is -2.53. The molecule has 1 heterocycles. The fourth-order valence-electron chi connectivity index (χ4n) is 3.31. The maximum Gasteiger partial charge on any atom is 0.317 e. The van der Waals surface area contributed by atoms with Crippen molar-refractivity contribution in [1.82, 2.24) is 10.2 Å². The Balaban J connectivity index is 1.88. The maximum atomic E-state index is 12.4. The molecule has 1 aliphatic heterocycles. The van der Waals surface area contributed by atoms with E-state index in [1.807, 2.05) is 18.7 Å². The number of urea groups is 1. The second-order valence-electron chi connectivity index (χ2n) is 5.86. The van der Waals surface area contributed by atoms with Crippen molar-refractivity contribution in [1.29, 1.82) is 0 Å². The Labute approximate surface area is 124 Å². The Kier molecular flexibility index (Phi) is 5.18. The van der Waals surface area contributed by atoms with Crippen LogP contribution >= 0.6 is 11.8 Å². The molecule has 0 spiro atoms. The van der Waals surface area contributed by atoms with Crippen LogP contribution in [0.5, 0.6) is 0 Å². The van der Waals surface area contributed by atoms with E-state index in [4.69, 9.17) is 5.11 Å². The predicted octanol–water partition coefficient (Wildman–Crippen LogP) is 2.17. The molecule has 0 radical (unpaired) electrons. The average Bonchev–Trinajstić information content (AvgIpc) is 2.85. The molecule has 2 N–H and O–H groups in total. The third-order valence-corrected chi connectivity index (χ3v) is 5.72. The summed E-state index contributed by atoms with van der Waals surface area (Å²) in [6.07, 6.45) is 6.60. The molecule has 5 nitrogen and oxygen atoms in total. The number of carbonyl (C=O) groups excluding carboxylic acids is 1. The number of nitrogens with zero attached hydrogens (tertiary/aromatic N) is 1. The minimum atomic E-state index is -0.741. The van der Waals surface area contributed by atoms with Gasteiger partial charge in [0.2, 0.25) is 0 Å². The molecule has 1 saturated heterocycles. The molecule has 2 aliphatic rings. The summed E-state index contributed by atoms with van der Waals surface area (Å²) in [7, 11) is 0. The number of carbonyl (C=O) groups is 2. The highest BCUT2D eigenvalue weighted by Gasteiger charge is 2.34. The van der Waals surface area contributed by atoms with Crippen LogP contribution < -0.4 is 5.32 Å². The summed E-state index contributed by atoms with van der Waals surface area (Å²) in [5, 5.41) is 12.7. The van der Waals surface area contributed by atoms with Crippen molar-refractivity contribution in [2.24, 2.45) is 5.92 Å². The first-order chi connectivity index (χ1) is 9.52. The molecule has 6 heteroatoms. The second kappa shape index (κ2) is 6.70. The topological polar surface area (TPSA) is 69.6 Å². The second-order valence-corrected chi connectivity index (χ2v) is 6.94. The molecular weight excluding hydrogens is 276 g/mol. The molecule has 4 unspecified atom stereocenters. The van der Waals surface area contributed by atoms with E-state index in [9.17, 15) is 9.59 Å². The number of nitrogens with one attached hydrogen (secondary N) is 1. The predicted molar refractivity (Wildman–Crippen MR) is 80.0 cm³/mol. The molecule has 114 valence electrons. The van der Waals surface area contributed by atoms with Gasteiger partial charge in [0.25, 0.3) is 0 Å². The van der Waals surface area contributed by atoms with Gasteiger partial charge in [0.15, 0.2) is 0 Å². The van der Waals surface area contributed by atoms with Gasteiger partial charge in [0.05, 0.1) is 5.92 Å². The van der Waals surface area contributed by atoms with Crippen molar-refractivity contribution < 1.29 is 14.7 Å². The van der Waals surface area contributed by atoms with Crippen LogP contribution in [0.25, 0.3) is 0 Å². The first-order valence-electron chi connectivity index (χ1n) is 7.35. The fourth-order valence-corrected chi connectivity index (χ4v) is 4.25. The quantitative estimate of drug-likeness (QED) is 0.838. The van der Waals surface area contributed by atoms with E-state index < -0.39 is 5.97 Å². The van der Waals surface area contributed by atoms with Gasteiger partial charge >= 0.3 is 12.0 Å². The van der Waals surface area contributed by atoms with Crippen LogP contribution in [-0.4, -0.2) is 52.1 Å². The van der Waals surface area contributed by atoms with Crippen LogP contribution in [0.1, 0.15) is 39.0 Å². The lowest BCUT2D eigenvalue weighted by molar-refractivity contribution is -0.143. The molecule has 0 bridgehead atoms. The highest BCUT2D eigenvalue weighted by molar-refractivity contribution is 7.99. The largest absolute Gasteiger partial charge is 0.481 e. The standard InChI is InChI=1S/C14H24N2O3S/c1-9-8-10(13(17)18)6-7-16(9)14(19)15-11-4-3-5-12(11)20-2/h9-12H,3-8H2,1-2H3,(H,15,19)(H,17,18). The number of aliphatic carboxylic acids is 1. The third-order valence-electron chi connectivity index (χ3n) is 4.55. The lowest BCUT2D eigenvalue weighted by Gasteiger charge is -2.37. The summed E-state index contributed by atoms with van der Waals surface area (Å²) in [6.45, 7) is 2.48. The van der Waals surface area contributed by atoms with Crippen molar-refractivity contribution in [3.05, 3.63) is 0 Å². The van der Waals surface area contributed by atoms with E-state index in [0.717, 1.165) is 6.42 Å². The number of likely N-dealkylation sites (tertiary alicyclic amines) is 1. The number of hydrogen-bond donors (Lipinski definition) is 2.